The van der Waals surface area contributed by atoms with Crippen LogP contribution in [-0.2, 0) is 21.1 Å². The summed E-state index contributed by atoms with van der Waals surface area (Å²) >= 11 is 0. The van der Waals surface area contributed by atoms with E-state index >= 15 is 4.39 Å². The topological polar surface area (TPSA) is 93.5 Å². The molecule has 1 amide bonds. The highest BCUT2D eigenvalue weighted by atomic mass is 32.2. The lowest BCUT2D eigenvalue weighted by atomic mass is 9.79. The number of aliphatic hydroxyl groups is 1. The van der Waals surface area contributed by atoms with Crippen LogP contribution in [0, 0.1) is 16.4 Å². The molecule has 0 spiro atoms. The van der Waals surface area contributed by atoms with Crippen LogP contribution in [0.2, 0.25) is 0 Å². The normalized spacial score (nSPS) is 23.5. The number of hydrogen-bond donors (Lipinski definition) is 3. The summed E-state index contributed by atoms with van der Waals surface area (Å²) in [4.78, 5) is 14.2. The maximum Gasteiger partial charge on any atom is 0.492 e. The van der Waals surface area contributed by atoms with Gasteiger partial charge in [-0.2, -0.15) is 13.2 Å². The molecule has 2 aliphatic rings. The molecule has 1 unspecified atom stereocenters. The second kappa shape index (κ2) is 9.14. The third-order valence-electron chi connectivity index (χ3n) is 6.67. The number of amides is 1. The fraction of sp³-hybridized carbons (Fsp3) is 0.435. The fourth-order valence-corrected chi connectivity index (χ4v) is 5.45. The SMILES string of the molecule is N=S(=O)(N[C@H]1CCN(C(=O)C2(O)CCC2)[C@H]1Cc1cccc(-c2cccc(F)c2)c1F)C(F)(F)F. The van der Waals surface area contributed by atoms with Gasteiger partial charge in [-0.05, 0) is 55.4 Å². The molecule has 2 aromatic rings. The first-order chi connectivity index (χ1) is 16.3. The Bertz CT molecular complexity index is 1230. The van der Waals surface area contributed by atoms with Gasteiger partial charge >= 0.3 is 5.51 Å². The van der Waals surface area contributed by atoms with E-state index in [1.807, 2.05) is 4.72 Å². The molecule has 0 radical (unpaired) electrons. The maximum absolute atomic E-state index is 15.5. The zero-order chi connectivity index (χ0) is 25.6. The fourth-order valence-electron chi connectivity index (χ4n) is 4.61. The molecule has 3 N–H and O–H groups in total. The minimum absolute atomic E-state index is 0.0485. The minimum atomic E-state index is -5.34. The Morgan fingerprint density at radius 2 is 1.89 bits per heavy atom. The van der Waals surface area contributed by atoms with Crippen LogP contribution in [0.4, 0.5) is 22.0 Å². The first kappa shape index (κ1) is 25.5. The van der Waals surface area contributed by atoms with E-state index in [0.29, 0.717) is 6.42 Å². The molecule has 2 fully saturated rings. The molecule has 1 saturated heterocycles. The Hall–Kier alpha value is -2.57. The highest BCUT2D eigenvalue weighted by Crippen LogP contribution is 2.37. The molecule has 6 nitrogen and oxygen atoms in total. The summed E-state index contributed by atoms with van der Waals surface area (Å²) in [5.41, 5.74) is -6.61. The van der Waals surface area contributed by atoms with E-state index in [9.17, 15) is 31.7 Å². The Morgan fingerprint density at radius 1 is 1.20 bits per heavy atom. The molecular weight excluding hydrogens is 493 g/mol. The molecular formula is C23H24F5N3O3S. The second-order valence-electron chi connectivity index (χ2n) is 8.96. The van der Waals surface area contributed by atoms with Crippen LogP contribution in [0.5, 0.6) is 0 Å². The number of rotatable bonds is 6. The molecule has 2 aromatic carbocycles. The van der Waals surface area contributed by atoms with Gasteiger partial charge in [-0.25, -0.2) is 22.5 Å². The van der Waals surface area contributed by atoms with E-state index in [4.69, 9.17) is 4.78 Å². The van der Waals surface area contributed by atoms with E-state index in [-0.39, 0.29) is 48.9 Å². The van der Waals surface area contributed by atoms with Gasteiger partial charge in [-0.1, -0.05) is 30.3 Å². The predicted molar refractivity (Wildman–Crippen MR) is 118 cm³/mol. The van der Waals surface area contributed by atoms with Crippen LogP contribution in [0.15, 0.2) is 42.5 Å². The first-order valence-corrected chi connectivity index (χ1v) is 12.6. The van der Waals surface area contributed by atoms with Gasteiger partial charge < -0.3 is 10.0 Å². The third-order valence-corrected chi connectivity index (χ3v) is 7.96. The van der Waals surface area contributed by atoms with Crippen molar-refractivity contribution >= 4 is 15.8 Å². The Kier molecular flexibility index (Phi) is 6.66. The van der Waals surface area contributed by atoms with Crippen LogP contribution in [0.1, 0.15) is 31.2 Å². The molecule has 35 heavy (non-hydrogen) atoms. The largest absolute Gasteiger partial charge is 0.492 e. The third kappa shape index (κ3) is 4.91. The standard InChI is InChI=1S/C23H24F5N3O3S/c24-16-6-1-4-14(12-16)17-7-2-5-15(20(17)25)13-19-18(30-35(29,34)23(26,27)28)8-11-31(19)21(32)22(33)9-3-10-22/h1-2,4-7,12,18-19,33H,3,8-11,13H2,(H2,29,30,34)/t18-,19-,35?/m0/s1. The van der Waals surface area contributed by atoms with Gasteiger partial charge in [-0.3, -0.25) is 4.79 Å². The Balaban J connectivity index is 1.68. The Morgan fingerprint density at radius 3 is 2.49 bits per heavy atom. The molecule has 0 bridgehead atoms. The van der Waals surface area contributed by atoms with Crippen molar-refractivity contribution in [2.24, 2.45) is 0 Å². The van der Waals surface area contributed by atoms with Crippen molar-refractivity contribution in [2.45, 2.75) is 55.3 Å². The van der Waals surface area contributed by atoms with Crippen molar-refractivity contribution in [3.8, 4) is 11.1 Å². The number of carbonyl (C=O) groups excluding carboxylic acids is 1. The van der Waals surface area contributed by atoms with Gasteiger partial charge in [0.1, 0.15) is 17.2 Å². The predicted octanol–water partition coefficient (Wildman–Crippen LogP) is 4.13. The summed E-state index contributed by atoms with van der Waals surface area (Å²) in [6, 6.07) is 7.26. The highest BCUT2D eigenvalue weighted by molar-refractivity contribution is 7.91. The first-order valence-electron chi connectivity index (χ1n) is 11.0. The van der Waals surface area contributed by atoms with Crippen LogP contribution in [-0.4, -0.2) is 49.9 Å². The zero-order valence-electron chi connectivity index (χ0n) is 18.4. The molecule has 1 saturated carbocycles. The summed E-state index contributed by atoms with van der Waals surface area (Å²) in [7, 11) is -5.23. The highest BCUT2D eigenvalue weighted by Gasteiger charge is 2.51. The number of nitrogens with one attached hydrogen (secondary N) is 2. The van der Waals surface area contributed by atoms with Gasteiger partial charge in [0.15, 0.2) is 0 Å². The van der Waals surface area contributed by atoms with Crippen molar-refractivity contribution in [1.29, 1.82) is 4.78 Å². The Labute approximate surface area is 199 Å². The van der Waals surface area contributed by atoms with E-state index in [1.165, 1.54) is 41.3 Å². The number of hydrogen-bond acceptors (Lipinski definition) is 4. The maximum atomic E-state index is 15.5. The summed E-state index contributed by atoms with van der Waals surface area (Å²) in [5, 5.41) is 10.5. The monoisotopic (exact) mass is 517 g/mol. The van der Waals surface area contributed by atoms with Crippen molar-refractivity contribution in [2.75, 3.05) is 6.54 Å². The lowest BCUT2D eigenvalue weighted by Gasteiger charge is -2.40. The minimum Gasteiger partial charge on any atom is -0.380 e. The second-order valence-corrected chi connectivity index (χ2v) is 10.8. The number of halogens is 5. The molecule has 190 valence electrons. The zero-order valence-corrected chi connectivity index (χ0v) is 19.3. The van der Waals surface area contributed by atoms with Crippen LogP contribution < -0.4 is 4.72 Å². The smallest absolute Gasteiger partial charge is 0.380 e. The van der Waals surface area contributed by atoms with Crippen molar-refractivity contribution < 1.29 is 36.1 Å². The molecule has 3 atom stereocenters. The summed E-state index contributed by atoms with van der Waals surface area (Å²) in [6.45, 7) is -0.0535. The number of alkyl halides is 3. The molecule has 0 aromatic heterocycles. The molecule has 1 aliphatic heterocycles. The van der Waals surface area contributed by atoms with E-state index in [0.717, 1.165) is 6.07 Å². The van der Waals surface area contributed by atoms with E-state index in [2.05, 4.69) is 0 Å². The van der Waals surface area contributed by atoms with Crippen molar-refractivity contribution in [3.05, 3.63) is 59.7 Å². The van der Waals surface area contributed by atoms with Gasteiger partial charge in [0.2, 0.25) is 9.92 Å². The van der Waals surface area contributed by atoms with Crippen molar-refractivity contribution in [1.82, 2.24) is 9.62 Å². The van der Waals surface area contributed by atoms with Gasteiger partial charge in [-0.15, -0.1) is 0 Å². The molecule has 4 rings (SSSR count). The van der Waals surface area contributed by atoms with Gasteiger partial charge in [0, 0.05) is 18.2 Å². The number of carbonyl (C=O) groups is 1. The van der Waals surface area contributed by atoms with Gasteiger partial charge in [0.05, 0.1) is 6.04 Å². The molecule has 12 heteroatoms. The number of likely N-dealkylation sites (tertiary alicyclic amines) is 1. The van der Waals surface area contributed by atoms with Crippen LogP contribution >= 0.6 is 0 Å². The summed E-state index contributed by atoms with van der Waals surface area (Å²) < 4.78 is 89.7. The quantitative estimate of drug-likeness (QED) is 0.503. The summed E-state index contributed by atoms with van der Waals surface area (Å²) in [6.07, 6.45) is 0.690. The van der Waals surface area contributed by atoms with E-state index < -0.39 is 50.6 Å². The molecule has 1 aliphatic carbocycles. The average molecular weight is 518 g/mol. The summed E-state index contributed by atoms with van der Waals surface area (Å²) in [5.74, 6) is -1.99. The van der Waals surface area contributed by atoms with Crippen LogP contribution in [0.3, 0.4) is 0 Å². The number of nitrogens with zero attached hydrogens (tertiary/aromatic N) is 1. The lowest BCUT2D eigenvalue weighted by Crippen LogP contribution is -2.57. The van der Waals surface area contributed by atoms with Gasteiger partial charge in [0.25, 0.3) is 5.91 Å². The number of benzene rings is 2. The van der Waals surface area contributed by atoms with Crippen molar-refractivity contribution in [3.63, 3.8) is 0 Å². The average Bonchev–Trinajstić information content (AvgIpc) is 3.13. The molecule has 1 heterocycles. The van der Waals surface area contributed by atoms with E-state index in [1.54, 1.807) is 0 Å². The lowest BCUT2D eigenvalue weighted by molar-refractivity contribution is -0.161. The van der Waals surface area contributed by atoms with Crippen LogP contribution in [0.25, 0.3) is 11.1 Å².